The second-order valence-corrected chi connectivity index (χ2v) is 5.74. The number of aromatic nitrogens is 2. The quantitative estimate of drug-likeness (QED) is 0.751. The van der Waals surface area contributed by atoms with Crippen LogP contribution in [0.3, 0.4) is 0 Å². The predicted molar refractivity (Wildman–Crippen MR) is 92.5 cm³/mol. The van der Waals surface area contributed by atoms with Crippen LogP contribution in [0.4, 0.5) is 10.1 Å². The van der Waals surface area contributed by atoms with Crippen LogP contribution in [0.1, 0.15) is 23.1 Å². The van der Waals surface area contributed by atoms with Crippen molar-refractivity contribution in [3.63, 3.8) is 0 Å². The summed E-state index contributed by atoms with van der Waals surface area (Å²) in [6.45, 7) is 1.62. The molecule has 0 aliphatic carbocycles. The van der Waals surface area contributed by atoms with Crippen molar-refractivity contribution in [2.75, 3.05) is 5.32 Å². The number of carbonyl (C=O) groups is 1. The van der Waals surface area contributed by atoms with Crippen LogP contribution in [0.15, 0.2) is 60.9 Å². The molecular weight excluding hydrogens is 321 g/mol. The Morgan fingerprint density at radius 1 is 1.28 bits per heavy atom. The van der Waals surface area contributed by atoms with Gasteiger partial charge in [0.2, 0.25) is 5.91 Å². The zero-order chi connectivity index (χ0) is 17.8. The number of halogens is 1. The van der Waals surface area contributed by atoms with Crippen molar-refractivity contribution in [1.29, 1.82) is 0 Å². The molecule has 5 nitrogen and oxygen atoms in total. The molecule has 3 aromatic rings. The second-order valence-electron chi connectivity index (χ2n) is 5.74. The Labute approximate surface area is 144 Å². The molecule has 0 radical (unpaired) electrons. The maximum absolute atomic E-state index is 13.6. The Kier molecular flexibility index (Phi) is 4.90. The topological polar surface area (TPSA) is 67.2 Å². The third-order valence-corrected chi connectivity index (χ3v) is 3.88. The van der Waals surface area contributed by atoms with Crippen LogP contribution in [0, 0.1) is 12.7 Å². The molecule has 0 aliphatic heterocycles. The van der Waals surface area contributed by atoms with Crippen LogP contribution >= 0.6 is 0 Å². The lowest BCUT2D eigenvalue weighted by Gasteiger charge is -2.14. The maximum Gasteiger partial charge on any atom is 0.244 e. The molecule has 1 aromatic heterocycles. The summed E-state index contributed by atoms with van der Waals surface area (Å²) < 4.78 is 15.1. The number of aliphatic hydroxyl groups excluding tert-OH is 1. The molecule has 3 rings (SSSR count). The monoisotopic (exact) mass is 339 g/mol. The summed E-state index contributed by atoms with van der Waals surface area (Å²) in [7, 11) is 0. The number of imidazole rings is 1. The lowest BCUT2D eigenvalue weighted by Crippen LogP contribution is -2.21. The van der Waals surface area contributed by atoms with Crippen LogP contribution in [-0.4, -0.2) is 20.6 Å². The molecule has 2 aromatic carbocycles. The fourth-order valence-electron chi connectivity index (χ4n) is 2.51. The molecule has 0 saturated carbocycles. The number of amides is 1. The van der Waals surface area contributed by atoms with Crippen molar-refractivity contribution in [1.82, 2.24) is 9.55 Å². The normalized spacial score (nSPS) is 12.0. The van der Waals surface area contributed by atoms with Gasteiger partial charge in [-0.1, -0.05) is 36.4 Å². The number of anilines is 1. The Morgan fingerprint density at radius 2 is 2.04 bits per heavy atom. The third-order valence-electron chi connectivity index (χ3n) is 3.88. The van der Waals surface area contributed by atoms with Crippen molar-refractivity contribution in [3.05, 3.63) is 83.7 Å². The van der Waals surface area contributed by atoms with Gasteiger partial charge in [-0.3, -0.25) is 4.79 Å². The number of aryl methyl sites for hydroxylation is 1. The standard InChI is InChI=1S/C19H18FN3O2/c1-13-7-8-15(11-16(13)20)22-17(24)12-23-10-9-21-19(23)18(25)14-5-3-2-4-6-14/h2-11,18,25H,12H2,1H3,(H,22,24). The maximum atomic E-state index is 13.6. The molecule has 1 heterocycles. The van der Waals surface area contributed by atoms with Gasteiger partial charge in [0.05, 0.1) is 0 Å². The van der Waals surface area contributed by atoms with Crippen molar-refractivity contribution in [3.8, 4) is 0 Å². The minimum absolute atomic E-state index is 0.0330. The molecular formula is C19H18FN3O2. The molecule has 1 atom stereocenters. The Balaban J connectivity index is 1.72. The molecule has 0 bridgehead atoms. The summed E-state index contributed by atoms with van der Waals surface area (Å²) >= 11 is 0. The summed E-state index contributed by atoms with van der Waals surface area (Å²) in [4.78, 5) is 16.4. The summed E-state index contributed by atoms with van der Waals surface area (Å²) in [5.74, 6) is -0.333. The average Bonchev–Trinajstić information content (AvgIpc) is 3.06. The number of rotatable bonds is 5. The number of carbonyl (C=O) groups excluding carboxylic acids is 1. The van der Waals surface area contributed by atoms with Crippen molar-refractivity contribution in [2.24, 2.45) is 0 Å². The van der Waals surface area contributed by atoms with Crippen LogP contribution in [0.2, 0.25) is 0 Å². The van der Waals surface area contributed by atoms with Crippen molar-refractivity contribution >= 4 is 11.6 Å². The van der Waals surface area contributed by atoms with Gasteiger partial charge in [-0.05, 0) is 30.2 Å². The molecule has 6 heteroatoms. The molecule has 128 valence electrons. The van der Waals surface area contributed by atoms with E-state index in [1.54, 1.807) is 42.0 Å². The molecule has 0 saturated heterocycles. The van der Waals surface area contributed by atoms with E-state index in [1.807, 2.05) is 18.2 Å². The van der Waals surface area contributed by atoms with Gasteiger partial charge in [0, 0.05) is 18.1 Å². The first-order chi connectivity index (χ1) is 12.0. The predicted octanol–water partition coefficient (Wildman–Crippen LogP) is 3.05. The van der Waals surface area contributed by atoms with E-state index in [0.717, 1.165) is 0 Å². The summed E-state index contributed by atoms with van der Waals surface area (Å²) in [5, 5.41) is 13.1. The highest BCUT2D eigenvalue weighted by Crippen LogP contribution is 2.20. The van der Waals surface area contributed by atoms with Crippen LogP contribution in [-0.2, 0) is 11.3 Å². The zero-order valence-electron chi connectivity index (χ0n) is 13.7. The molecule has 0 fully saturated rings. The Bertz CT molecular complexity index is 877. The van der Waals surface area contributed by atoms with Crippen LogP contribution in [0.25, 0.3) is 0 Å². The van der Waals surface area contributed by atoms with Gasteiger partial charge in [-0.2, -0.15) is 0 Å². The molecule has 2 N–H and O–H groups in total. The first kappa shape index (κ1) is 16.9. The van der Waals surface area contributed by atoms with Crippen molar-refractivity contribution < 1.29 is 14.3 Å². The first-order valence-electron chi connectivity index (χ1n) is 7.84. The number of aliphatic hydroxyl groups is 1. The van der Waals surface area contributed by atoms with E-state index >= 15 is 0 Å². The van der Waals surface area contributed by atoms with Crippen LogP contribution < -0.4 is 5.32 Å². The summed E-state index contributed by atoms with van der Waals surface area (Å²) in [5.41, 5.74) is 1.59. The molecule has 25 heavy (non-hydrogen) atoms. The van der Waals surface area contributed by atoms with E-state index in [0.29, 0.717) is 22.6 Å². The Morgan fingerprint density at radius 3 is 2.76 bits per heavy atom. The minimum atomic E-state index is -0.930. The van der Waals surface area contributed by atoms with Gasteiger partial charge in [-0.25, -0.2) is 9.37 Å². The molecule has 0 aliphatic rings. The summed E-state index contributed by atoms with van der Waals surface area (Å²) in [6.07, 6.45) is 2.22. The lowest BCUT2D eigenvalue weighted by atomic mass is 10.1. The molecule has 0 spiro atoms. The van der Waals surface area contributed by atoms with Gasteiger partial charge in [-0.15, -0.1) is 0 Å². The van der Waals surface area contributed by atoms with Gasteiger partial charge in [0.25, 0.3) is 0 Å². The van der Waals surface area contributed by atoms with Crippen LogP contribution in [0.5, 0.6) is 0 Å². The van der Waals surface area contributed by atoms with Gasteiger partial charge >= 0.3 is 0 Å². The molecule has 1 amide bonds. The van der Waals surface area contributed by atoms with Gasteiger partial charge in [0.15, 0.2) is 0 Å². The van der Waals surface area contributed by atoms with E-state index in [4.69, 9.17) is 0 Å². The number of benzene rings is 2. The number of hydrogen-bond donors (Lipinski definition) is 2. The largest absolute Gasteiger partial charge is 0.380 e. The third kappa shape index (κ3) is 3.92. The first-order valence-corrected chi connectivity index (χ1v) is 7.84. The highest BCUT2D eigenvalue weighted by Gasteiger charge is 2.17. The Hall–Kier alpha value is -2.99. The van der Waals surface area contributed by atoms with Gasteiger partial charge < -0.3 is 15.0 Å². The number of nitrogens with one attached hydrogen (secondary N) is 1. The van der Waals surface area contributed by atoms with E-state index in [1.165, 1.54) is 12.3 Å². The highest BCUT2D eigenvalue weighted by molar-refractivity contribution is 5.90. The smallest absolute Gasteiger partial charge is 0.244 e. The van der Waals surface area contributed by atoms with E-state index < -0.39 is 6.10 Å². The fourth-order valence-corrected chi connectivity index (χ4v) is 2.51. The number of nitrogens with zero attached hydrogens (tertiary/aromatic N) is 2. The SMILES string of the molecule is Cc1ccc(NC(=O)Cn2ccnc2C(O)c2ccccc2)cc1F. The van der Waals surface area contributed by atoms with Gasteiger partial charge in [0.1, 0.15) is 24.3 Å². The lowest BCUT2D eigenvalue weighted by molar-refractivity contribution is -0.116. The minimum Gasteiger partial charge on any atom is -0.380 e. The second kappa shape index (κ2) is 7.27. The fraction of sp³-hybridized carbons (Fsp3) is 0.158. The summed E-state index contributed by atoms with van der Waals surface area (Å²) in [6, 6.07) is 13.6. The van der Waals surface area contributed by atoms with E-state index in [2.05, 4.69) is 10.3 Å². The van der Waals surface area contributed by atoms with Crippen molar-refractivity contribution in [2.45, 2.75) is 19.6 Å². The number of hydrogen-bond acceptors (Lipinski definition) is 3. The van der Waals surface area contributed by atoms with E-state index in [9.17, 15) is 14.3 Å². The highest BCUT2D eigenvalue weighted by atomic mass is 19.1. The average molecular weight is 339 g/mol. The zero-order valence-corrected chi connectivity index (χ0v) is 13.7. The van der Waals surface area contributed by atoms with E-state index in [-0.39, 0.29) is 18.3 Å². The molecule has 1 unspecified atom stereocenters.